The second-order valence-corrected chi connectivity index (χ2v) is 11.9. The lowest BCUT2D eigenvalue weighted by molar-refractivity contribution is 0.0958. The molecular weight excluding hydrogens is 577 g/mol. The average Bonchev–Trinajstić information content (AvgIpc) is 3.54. The Morgan fingerprint density at radius 2 is 1.67 bits per heavy atom. The van der Waals surface area contributed by atoms with Gasteiger partial charge in [-0.3, -0.25) is 14.6 Å². The number of rotatable bonds is 6. The first-order valence-corrected chi connectivity index (χ1v) is 14.8. The Morgan fingerprint density at radius 3 is 2.29 bits per heavy atom. The summed E-state index contributed by atoms with van der Waals surface area (Å²) in [6, 6.07) is 17.3. The molecule has 2 atom stereocenters. The summed E-state index contributed by atoms with van der Waals surface area (Å²) in [4.78, 5) is 30.4. The van der Waals surface area contributed by atoms with E-state index in [0.717, 1.165) is 22.5 Å². The van der Waals surface area contributed by atoms with Gasteiger partial charge in [-0.05, 0) is 86.7 Å². The van der Waals surface area contributed by atoms with Crippen molar-refractivity contribution in [3.05, 3.63) is 124 Å². The number of aromatic nitrogens is 2. The van der Waals surface area contributed by atoms with Gasteiger partial charge in [-0.25, -0.2) is 13.2 Å². The number of nitrogens with two attached hydrogens (primary N) is 1. The molecule has 9 heteroatoms. The number of benzene rings is 3. The van der Waals surface area contributed by atoms with E-state index in [1.54, 1.807) is 18.2 Å². The molecule has 6 rings (SSSR count). The number of nitrogens with one attached hydrogen (secondary N) is 1. The fraction of sp³-hybridized carbons (Fsp3) is 0.250. The normalized spacial score (nSPS) is 14.6. The van der Waals surface area contributed by atoms with Crippen LogP contribution in [0.4, 0.5) is 13.2 Å². The number of fused-ring (bicyclic) bond motifs is 2. The highest BCUT2D eigenvalue weighted by atomic mass is 19.2. The Kier molecular flexibility index (Phi) is 8.82. The Balaban J connectivity index is 0.000000436. The van der Waals surface area contributed by atoms with E-state index in [2.05, 4.69) is 5.32 Å². The van der Waals surface area contributed by atoms with Crippen LogP contribution < -0.4 is 11.1 Å². The van der Waals surface area contributed by atoms with Crippen LogP contribution in [0.5, 0.6) is 0 Å². The molecule has 45 heavy (non-hydrogen) atoms. The molecule has 3 N–H and O–H groups in total. The van der Waals surface area contributed by atoms with E-state index in [1.165, 1.54) is 18.2 Å². The SMILES string of the molecule is CC(C)Cc1nc2c(c(-c3ccc4c(ccn4C(C)c4ccc(F)c(F)c4)c3)c1C(N)=O)C(=O)NC2C.Cc1ccc(F)cc1. The molecule has 1 aliphatic heterocycles. The standard InChI is InChI=1S/C29H28F2N4O2.C7H7F/c1-14(2)11-22-25(28(32)36)24(26-27(34-22)15(3)33-29(26)37)19-6-8-23-18(12-19)9-10-35(23)16(4)17-5-7-20(30)21(31)13-17;1-6-2-4-7(8)5-3-6/h5-10,12-16H,11H2,1-4H3,(H2,32,36)(H,33,37);2-5H,1H3. The monoisotopic (exact) mass is 612 g/mol. The molecule has 3 aromatic carbocycles. The zero-order chi connectivity index (χ0) is 32.6. The number of amides is 2. The smallest absolute Gasteiger partial charge is 0.254 e. The molecular formula is C36H35F3N4O2. The van der Waals surface area contributed by atoms with Crippen molar-refractivity contribution in [1.82, 2.24) is 14.9 Å². The summed E-state index contributed by atoms with van der Waals surface area (Å²) in [5, 5.41) is 3.77. The second-order valence-electron chi connectivity index (χ2n) is 11.9. The number of halogens is 3. The Morgan fingerprint density at radius 1 is 0.956 bits per heavy atom. The lowest BCUT2D eigenvalue weighted by Crippen LogP contribution is -2.20. The number of carbonyl (C=O) groups is 2. The first kappa shape index (κ1) is 31.5. The quantitative estimate of drug-likeness (QED) is 0.205. The van der Waals surface area contributed by atoms with Crippen molar-refractivity contribution in [2.24, 2.45) is 11.7 Å². The van der Waals surface area contributed by atoms with E-state index in [-0.39, 0.29) is 35.3 Å². The fourth-order valence-corrected chi connectivity index (χ4v) is 5.75. The molecule has 0 bridgehead atoms. The highest BCUT2D eigenvalue weighted by Gasteiger charge is 2.35. The molecule has 0 aliphatic carbocycles. The minimum absolute atomic E-state index is 0.171. The molecule has 2 unspecified atom stereocenters. The molecule has 2 aromatic heterocycles. The Bertz CT molecular complexity index is 1890. The fourth-order valence-electron chi connectivity index (χ4n) is 5.75. The summed E-state index contributed by atoms with van der Waals surface area (Å²) in [6.45, 7) is 9.78. The van der Waals surface area contributed by atoms with Gasteiger partial charge in [-0.1, -0.05) is 43.7 Å². The number of aryl methyl sites for hydroxylation is 1. The van der Waals surface area contributed by atoms with Crippen molar-refractivity contribution in [3.63, 3.8) is 0 Å². The number of nitrogens with zero attached hydrogens (tertiary/aromatic N) is 2. The summed E-state index contributed by atoms with van der Waals surface area (Å²) in [7, 11) is 0. The lowest BCUT2D eigenvalue weighted by atomic mass is 9.89. The van der Waals surface area contributed by atoms with Crippen molar-refractivity contribution in [2.75, 3.05) is 0 Å². The molecule has 6 nitrogen and oxygen atoms in total. The summed E-state index contributed by atoms with van der Waals surface area (Å²) in [5.74, 6) is -2.63. The first-order valence-electron chi connectivity index (χ1n) is 14.8. The maximum absolute atomic E-state index is 13.9. The van der Waals surface area contributed by atoms with E-state index < -0.39 is 17.5 Å². The molecule has 1 aliphatic rings. The number of pyridine rings is 1. The molecule has 0 fully saturated rings. The summed E-state index contributed by atoms with van der Waals surface area (Å²) >= 11 is 0. The van der Waals surface area contributed by atoms with E-state index in [1.807, 2.05) is 69.6 Å². The maximum Gasteiger partial charge on any atom is 0.254 e. The molecule has 0 radical (unpaired) electrons. The van der Waals surface area contributed by atoms with Crippen LogP contribution in [0.15, 0.2) is 72.9 Å². The van der Waals surface area contributed by atoms with Crippen LogP contribution in [-0.2, 0) is 6.42 Å². The molecule has 3 heterocycles. The zero-order valence-corrected chi connectivity index (χ0v) is 25.8. The van der Waals surface area contributed by atoms with Crippen molar-refractivity contribution >= 4 is 22.7 Å². The van der Waals surface area contributed by atoms with Crippen LogP contribution in [0.1, 0.15) is 83.0 Å². The highest BCUT2D eigenvalue weighted by Crippen LogP contribution is 2.39. The topological polar surface area (TPSA) is 90.0 Å². The van der Waals surface area contributed by atoms with Gasteiger partial charge in [0.25, 0.3) is 11.8 Å². The van der Waals surface area contributed by atoms with Crippen molar-refractivity contribution < 1.29 is 22.8 Å². The molecule has 0 saturated heterocycles. The Labute approximate surface area is 260 Å². The van der Waals surface area contributed by atoms with Gasteiger partial charge in [0.1, 0.15) is 5.82 Å². The van der Waals surface area contributed by atoms with Crippen LogP contribution in [0.25, 0.3) is 22.0 Å². The van der Waals surface area contributed by atoms with Crippen LogP contribution >= 0.6 is 0 Å². The number of primary amides is 1. The predicted octanol–water partition coefficient (Wildman–Crippen LogP) is 7.83. The summed E-state index contributed by atoms with van der Waals surface area (Å²) < 4.78 is 41.4. The van der Waals surface area contributed by atoms with Crippen LogP contribution in [0, 0.1) is 30.3 Å². The second kappa shape index (κ2) is 12.6. The summed E-state index contributed by atoms with van der Waals surface area (Å²) in [5.41, 5.74) is 11.5. The molecule has 5 aromatic rings. The minimum Gasteiger partial charge on any atom is -0.366 e. The lowest BCUT2D eigenvalue weighted by Gasteiger charge is -2.18. The van der Waals surface area contributed by atoms with Gasteiger partial charge >= 0.3 is 0 Å². The first-order chi connectivity index (χ1) is 21.3. The van der Waals surface area contributed by atoms with E-state index in [9.17, 15) is 22.8 Å². The third-order valence-electron chi connectivity index (χ3n) is 8.00. The van der Waals surface area contributed by atoms with Gasteiger partial charge < -0.3 is 15.6 Å². The van der Waals surface area contributed by atoms with Gasteiger partial charge in [-0.15, -0.1) is 0 Å². The molecule has 232 valence electrons. The highest BCUT2D eigenvalue weighted by molar-refractivity contribution is 6.12. The van der Waals surface area contributed by atoms with Gasteiger partial charge in [0.05, 0.1) is 34.6 Å². The van der Waals surface area contributed by atoms with E-state index >= 15 is 0 Å². The van der Waals surface area contributed by atoms with Gasteiger partial charge in [-0.2, -0.15) is 0 Å². The zero-order valence-electron chi connectivity index (χ0n) is 25.8. The number of hydrogen-bond acceptors (Lipinski definition) is 3. The average molecular weight is 613 g/mol. The van der Waals surface area contributed by atoms with E-state index in [0.29, 0.717) is 40.1 Å². The molecule has 0 saturated carbocycles. The molecule has 2 amide bonds. The Hall–Kier alpha value is -4.92. The van der Waals surface area contributed by atoms with Crippen molar-refractivity contribution in [2.45, 2.75) is 53.1 Å². The van der Waals surface area contributed by atoms with E-state index in [4.69, 9.17) is 10.7 Å². The van der Waals surface area contributed by atoms with Gasteiger partial charge in [0.2, 0.25) is 0 Å². The van der Waals surface area contributed by atoms with Crippen LogP contribution in [0.3, 0.4) is 0 Å². The third kappa shape index (κ3) is 6.34. The number of carbonyl (C=O) groups excluding carboxylic acids is 2. The van der Waals surface area contributed by atoms with Gasteiger partial charge in [0, 0.05) is 22.7 Å². The van der Waals surface area contributed by atoms with Crippen molar-refractivity contribution in [1.29, 1.82) is 0 Å². The van der Waals surface area contributed by atoms with Crippen LogP contribution in [0.2, 0.25) is 0 Å². The maximum atomic E-state index is 13.9. The van der Waals surface area contributed by atoms with Crippen LogP contribution in [-0.4, -0.2) is 21.4 Å². The predicted molar refractivity (Wildman–Crippen MR) is 169 cm³/mol. The minimum atomic E-state index is -0.890. The third-order valence-corrected chi connectivity index (χ3v) is 8.00. The summed E-state index contributed by atoms with van der Waals surface area (Å²) in [6.07, 6.45) is 2.43. The largest absolute Gasteiger partial charge is 0.366 e. The van der Waals surface area contributed by atoms with Gasteiger partial charge in [0.15, 0.2) is 11.6 Å². The number of hydrogen-bond donors (Lipinski definition) is 2. The van der Waals surface area contributed by atoms with Crippen molar-refractivity contribution in [3.8, 4) is 11.1 Å². The molecule has 0 spiro atoms.